The van der Waals surface area contributed by atoms with E-state index < -0.39 is 29.9 Å². The number of aliphatic carboxylic acids is 3. The quantitative estimate of drug-likeness (QED) is 0.0587. The van der Waals surface area contributed by atoms with Crippen LogP contribution in [0.4, 0.5) is 0 Å². The number of amides is 2. The Labute approximate surface area is 252 Å². The monoisotopic (exact) mass is 598 g/mol. The summed E-state index contributed by atoms with van der Waals surface area (Å²) in [5.41, 5.74) is 0. The van der Waals surface area contributed by atoms with Gasteiger partial charge in [0, 0.05) is 25.8 Å². The second-order valence-electron chi connectivity index (χ2n) is 11.6. The first-order chi connectivity index (χ1) is 20.1. The Hall–Kier alpha value is -2.65. The summed E-state index contributed by atoms with van der Waals surface area (Å²) in [7, 11) is 0. The van der Waals surface area contributed by atoms with Crippen molar-refractivity contribution in [3.05, 3.63) is 0 Å². The maximum absolute atomic E-state index is 12.2. The van der Waals surface area contributed by atoms with Gasteiger partial charge in [0.25, 0.3) is 0 Å². The fraction of sp³-hybridized carbons (Fsp3) is 0.844. The minimum atomic E-state index is -1.15. The van der Waals surface area contributed by atoms with Crippen LogP contribution in [0, 0.1) is 5.92 Å². The van der Waals surface area contributed by atoms with Crippen molar-refractivity contribution in [2.24, 2.45) is 5.92 Å². The first-order valence-electron chi connectivity index (χ1n) is 16.4. The lowest BCUT2D eigenvalue weighted by Gasteiger charge is -2.14. The Morgan fingerprint density at radius 1 is 0.500 bits per heavy atom. The fourth-order valence-corrected chi connectivity index (χ4v) is 4.85. The number of nitrogens with one attached hydrogen (secondary N) is 2. The van der Waals surface area contributed by atoms with Gasteiger partial charge in [0.1, 0.15) is 6.04 Å². The summed E-state index contributed by atoms with van der Waals surface area (Å²) in [6.45, 7) is 2.06. The number of carbonyl (C=O) groups excluding carboxylic acids is 2. The van der Waals surface area contributed by atoms with Crippen LogP contribution < -0.4 is 10.6 Å². The van der Waals surface area contributed by atoms with E-state index in [0.717, 1.165) is 44.9 Å². The summed E-state index contributed by atoms with van der Waals surface area (Å²) in [6.07, 6.45) is 20.6. The summed E-state index contributed by atoms with van der Waals surface area (Å²) in [4.78, 5) is 57.0. The number of carboxylic acid groups (broad SMARTS) is 3. The molecule has 244 valence electrons. The zero-order valence-corrected chi connectivity index (χ0v) is 26.0. The Kier molecular flexibility index (Phi) is 25.5. The minimum absolute atomic E-state index is 0.000353. The molecule has 0 aliphatic rings. The molecule has 0 rings (SSSR count). The summed E-state index contributed by atoms with van der Waals surface area (Å²) in [5, 5.41) is 32.1. The normalized spacial score (nSPS) is 12.4. The zero-order valence-electron chi connectivity index (χ0n) is 26.0. The lowest BCUT2D eigenvalue weighted by atomic mass is 10.0. The summed E-state index contributed by atoms with van der Waals surface area (Å²) < 4.78 is 0. The van der Waals surface area contributed by atoms with Crippen LogP contribution in [0.1, 0.15) is 155 Å². The van der Waals surface area contributed by atoms with Crippen LogP contribution in [0.25, 0.3) is 0 Å². The summed E-state index contributed by atoms with van der Waals surface area (Å²) >= 11 is 0. The van der Waals surface area contributed by atoms with E-state index in [2.05, 4.69) is 10.6 Å². The van der Waals surface area contributed by atoms with Crippen molar-refractivity contribution in [2.45, 2.75) is 161 Å². The van der Waals surface area contributed by atoms with Gasteiger partial charge >= 0.3 is 17.9 Å². The molecule has 0 fully saturated rings. The van der Waals surface area contributed by atoms with Crippen LogP contribution in [0.5, 0.6) is 0 Å². The third-order valence-electron chi connectivity index (χ3n) is 7.65. The molecule has 10 heteroatoms. The van der Waals surface area contributed by atoms with E-state index in [1.165, 1.54) is 57.8 Å². The van der Waals surface area contributed by atoms with Crippen molar-refractivity contribution in [1.82, 2.24) is 10.6 Å². The number of hydrogen-bond donors (Lipinski definition) is 5. The van der Waals surface area contributed by atoms with E-state index in [9.17, 15) is 29.1 Å². The van der Waals surface area contributed by atoms with E-state index in [4.69, 9.17) is 10.2 Å². The summed E-state index contributed by atoms with van der Waals surface area (Å²) in [5.74, 6) is -3.67. The highest BCUT2D eigenvalue weighted by Crippen LogP contribution is 2.14. The molecular weight excluding hydrogens is 540 g/mol. The molecule has 0 heterocycles. The largest absolute Gasteiger partial charge is 0.481 e. The SMILES string of the molecule is C[C@@H](CCCCNC(=O)CC[C@H](NC(=O)CCCCCCCCCCCCCCCCCCC(=O)O)C(=O)O)C(=O)O. The molecule has 0 aromatic rings. The van der Waals surface area contributed by atoms with Crippen LogP contribution in [0.2, 0.25) is 0 Å². The average Bonchev–Trinajstić information content (AvgIpc) is 2.93. The molecule has 2 atom stereocenters. The second kappa shape index (κ2) is 27.2. The van der Waals surface area contributed by atoms with E-state index in [-0.39, 0.29) is 31.1 Å². The van der Waals surface area contributed by atoms with Gasteiger partial charge in [-0.05, 0) is 32.1 Å². The topological polar surface area (TPSA) is 170 Å². The number of rotatable bonds is 30. The van der Waals surface area contributed by atoms with Crippen molar-refractivity contribution in [3.63, 3.8) is 0 Å². The smallest absolute Gasteiger partial charge is 0.326 e. The van der Waals surface area contributed by atoms with Gasteiger partial charge in [-0.25, -0.2) is 4.79 Å². The Morgan fingerprint density at radius 3 is 1.38 bits per heavy atom. The molecule has 2 amide bonds. The molecule has 0 aromatic heterocycles. The highest BCUT2D eigenvalue weighted by Gasteiger charge is 2.20. The molecule has 0 spiro atoms. The van der Waals surface area contributed by atoms with Gasteiger partial charge in [0.2, 0.25) is 11.8 Å². The third kappa shape index (κ3) is 26.3. The zero-order chi connectivity index (χ0) is 31.4. The predicted molar refractivity (Wildman–Crippen MR) is 163 cm³/mol. The number of carbonyl (C=O) groups is 5. The van der Waals surface area contributed by atoms with Crippen molar-refractivity contribution in [2.75, 3.05) is 6.54 Å². The molecule has 42 heavy (non-hydrogen) atoms. The van der Waals surface area contributed by atoms with E-state index in [1.54, 1.807) is 6.92 Å². The molecule has 0 unspecified atom stereocenters. The lowest BCUT2D eigenvalue weighted by molar-refractivity contribution is -0.142. The van der Waals surface area contributed by atoms with E-state index in [0.29, 0.717) is 32.2 Å². The van der Waals surface area contributed by atoms with Crippen LogP contribution in [-0.4, -0.2) is 57.6 Å². The molecule has 0 saturated carbocycles. The minimum Gasteiger partial charge on any atom is -0.481 e. The number of carboxylic acids is 3. The predicted octanol–water partition coefficient (Wildman–Crippen LogP) is 6.45. The average molecular weight is 599 g/mol. The first-order valence-corrected chi connectivity index (χ1v) is 16.4. The van der Waals surface area contributed by atoms with Gasteiger partial charge in [-0.3, -0.25) is 19.2 Å². The molecule has 10 nitrogen and oxygen atoms in total. The third-order valence-corrected chi connectivity index (χ3v) is 7.65. The van der Waals surface area contributed by atoms with Crippen LogP contribution >= 0.6 is 0 Å². The highest BCUT2D eigenvalue weighted by molar-refractivity contribution is 5.84. The maximum Gasteiger partial charge on any atom is 0.326 e. The highest BCUT2D eigenvalue weighted by atomic mass is 16.4. The Bertz CT molecular complexity index is 759. The van der Waals surface area contributed by atoms with Gasteiger partial charge in [0.15, 0.2) is 0 Å². The molecular formula is C32H58N2O8. The molecule has 0 aliphatic heterocycles. The van der Waals surface area contributed by atoms with Gasteiger partial charge in [-0.15, -0.1) is 0 Å². The van der Waals surface area contributed by atoms with Crippen molar-refractivity contribution >= 4 is 29.7 Å². The second-order valence-corrected chi connectivity index (χ2v) is 11.6. The van der Waals surface area contributed by atoms with E-state index in [1.807, 2.05) is 0 Å². The van der Waals surface area contributed by atoms with Gasteiger partial charge in [-0.2, -0.15) is 0 Å². The lowest BCUT2D eigenvalue weighted by Crippen LogP contribution is -2.41. The Balaban J connectivity index is 3.65. The maximum atomic E-state index is 12.2. The van der Waals surface area contributed by atoms with Gasteiger partial charge in [-0.1, -0.05) is 103 Å². The Morgan fingerprint density at radius 2 is 0.952 bits per heavy atom. The van der Waals surface area contributed by atoms with Crippen molar-refractivity contribution < 1.29 is 39.3 Å². The molecule has 0 radical (unpaired) electrons. The molecule has 0 bridgehead atoms. The summed E-state index contributed by atoms with van der Waals surface area (Å²) in [6, 6.07) is -1.09. The van der Waals surface area contributed by atoms with Gasteiger partial charge in [0.05, 0.1) is 5.92 Å². The van der Waals surface area contributed by atoms with Crippen LogP contribution in [-0.2, 0) is 24.0 Å². The van der Waals surface area contributed by atoms with E-state index >= 15 is 0 Å². The number of hydrogen-bond acceptors (Lipinski definition) is 5. The first kappa shape index (κ1) is 39.4. The van der Waals surface area contributed by atoms with Gasteiger partial charge < -0.3 is 26.0 Å². The van der Waals surface area contributed by atoms with Crippen LogP contribution in [0.3, 0.4) is 0 Å². The molecule has 5 N–H and O–H groups in total. The fourth-order valence-electron chi connectivity index (χ4n) is 4.85. The van der Waals surface area contributed by atoms with Crippen molar-refractivity contribution in [3.8, 4) is 0 Å². The van der Waals surface area contributed by atoms with Crippen LogP contribution in [0.15, 0.2) is 0 Å². The molecule has 0 aliphatic carbocycles. The molecule has 0 saturated heterocycles. The molecule has 0 aromatic carbocycles. The van der Waals surface area contributed by atoms with Crippen molar-refractivity contribution in [1.29, 1.82) is 0 Å². The standard InChI is InChI=1S/C32H58N2O8/c1-26(31(39)40)20-18-19-25-33-28(35)24-23-27(32(41)42)34-29(36)21-16-14-12-10-8-6-4-2-3-5-7-9-11-13-15-17-22-30(37)38/h26-27H,2-25H2,1H3,(H,33,35)(H,34,36)(H,37,38)(H,39,40)(H,41,42)/t26-,27-/m0/s1. The number of unbranched alkanes of at least 4 members (excludes halogenated alkanes) is 16.